The molecule has 0 aromatic heterocycles. The van der Waals surface area contributed by atoms with E-state index in [0.29, 0.717) is 0 Å². The maximum absolute atomic E-state index is 4.68. The lowest BCUT2D eigenvalue weighted by molar-refractivity contribution is 0.469. The summed E-state index contributed by atoms with van der Waals surface area (Å²) in [4.78, 5) is 6.90. The third-order valence-corrected chi connectivity index (χ3v) is 3.09. The van der Waals surface area contributed by atoms with Crippen LogP contribution in [0.2, 0.25) is 0 Å². The number of nitrogens with one attached hydrogen (secondary N) is 1. The van der Waals surface area contributed by atoms with Crippen molar-refractivity contribution < 1.29 is 0 Å². The normalized spacial score (nSPS) is 14.9. The van der Waals surface area contributed by atoms with Gasteiger partial charge in [0.25, 0.3) is 0 Å². The van der Waals surface area contributed by atoms with Gasteiger partial charge in [0.1, 0.15) is 0 Å². The van der Waals surface area contributed by atoms with Gasteiger partial charge in [-0.25, -0.2) is 0 Å². The molecule has 1 saturated carbocycles. The van der Waals surface area contributed by atoms with Crippen LogP contribution in [0.1, 0.15) is 39.0 Å². The Balaban J connectivity index is 0.00000289. The number of nitrogens with zero attached hydrogens (tertiary/aromatic N) is 2. The standard InChI is InChI=1S/C14H27N3.HI/c1-4-6-7-12-17(3)14(15-5-2)16-11-10-13-8-9-13;/h4,13H,1,5-12H2,2-3H3,(H,15,16);1H. The van der Waals surface area contributed by atoms with Crippen LogP contribution in [0.15, 0.2) is 17.6 Å². The largest absolute Gasteiger partial charge is 0.357 e. The highest BCUT2D eigenvalue weighted by molar-refractivity contribution is 14.0. The van der Waals surface area contributed by atoms with Gasteiger partial charge < -0.3 is 10.2 Å². The molecule has 1 fully saturated rings. The van der Waals surface area contributed by atoms with Gasteiger partial charge >= 0.3 is 0 Å². The van der Waals surface area contributed by atoms with Gasteiger partial charge in [0.2, 0.25) is 0 Å². The third-order valence-electron chi connectivity index (χ3n) is 3.09. The van der Waals surface area contributed by atoms with Gasteiger partial charge in [-0.05, 0) is 32.1 Å². The summed E-state index contributed by atoms with van der Waals surface area (Å²) >= 11 is 0. The van der Waals surface area contributed by atoms with Crippen molar-refractivity contribution in [2.75, 3.05) is 26.7 Å². The number of guanidine groups is 1. The molecule has 0 aromatic carbocycles. The first-order valence-corrected chi connectivity index (χ1v) is 6.88. The summed E-state index contributed by atoms with van der Waals surface area (Å²) in [6.45, 7) is 8.82. The van der Waals surface area contributed by atoms with Gasteiger partial charge in [-0.2, -0.15) is 0 Å². The van der Waals surface area contributed by atoms with Crippen molar-refractivity contribution in [3.8, 4) is 0 Å². The summed E-state index contributed by atoms with van der Waals surface area (Å²) in [6, 6.07) is 0. The fourth-order valence-electron chi connectivity index (χ4n) is 1.81. The quantitative estimate of drug-likeness (QED) is 0.235. The summed E-state index contributed by atoms with van der Waals surface area (Å²) in [6.07, 6.45) is 8.29. The SMILES string of the molecule is C=CCCCN(C)C(=NCCC1CC1)NCC.I. The Morgan fingerprint density at radius 1 is 1.50 bits per heavy atom. The molecule has 0 aliphatic heterocycles. The van der Waals surface area contributed by atoms with Crippen molar-refractivity contribution in [1.29, 1.82) is 0 Å². The Bertz CT molecular complexity index is 249. The summed E-state index contributed by atoms with van der Waals surface area (Å²) in [5.74, 6) is 2.02. The molecule has 4 heteroatoms. The zero-order chi connectivity index (χ0) is 12.5. The molecule has 1 aliphatic rings. The maximum atomic E-state index is 4.68. The van der Waals surface area contributed by atoms with E-state index in [1.54, 1.807) is 0 Å². The number of allylic oxidation sites excluding steroid dienone is 1. The molecule has 0 amide bonds. The second-order valence-electron chi connectivity index (χ2n) is 4.82. The number of rotatable bonds is 8. The monoisotopic (exact) mass is 365 g/mol. The fourth-order valence-corrected chi connectivity index (χ4v) is 1.81. The molecule has 3 nitrogen and oxygen atoms in total. The highest BCUT2D eigenvalue weighted by atomic mass is 127. The first-order valence-electron chi connectivity index (χ1n) is 6.88. The molecule has 0 unspecified atom stereocenters. The Morgan fingerprint density at radius 3 is 2.78 bits per heavy atom. The van der Waals surface area contributed by atoms with Crippen molar-refractivity contribution in [3.63, 3.8) is 0 Å². The molecular weight excluding hydrogens is 337 g/mol. The van der Waals surface area contributed by atoms with Crippen LogP contribution in [0.25, 0.3) is 0 Å². The van der Waals surface area contributed by atoms with Crippen molar-refractivity contribution in [2.45, 2.75) is 39.0 Å². The first-order chi connectivity index (χ1) is 8.27. The summed E-state index contributed by atoms with van der Waals surface area (Å²) in [5.41, 5.74) is 0. The van der Waals surface area contributed by atoms with Crippen LogP contribution in [0.4, 0.5) is 0 Å². The molecular formula is C14H28IN3. The molecule has 0 radical (unpaired) electrons. The number of hydrogen-bond acceptors (Lipinski definition) is 1. The molecule has 0 heterocycles. The van der Waals surface area contributed by atoms with E-state index in [-0.39, 0.29) is 24.0 Å². The molecule has 1 rings (SSSR count). The smallest absolute Gasteiger partial charge is 0.193 e. The molecule has 106 valence electrons. The van der Waals surface area contributed by atoms with Crippen LogP contribution in [0.5, 0.6) is 0 Å². The summed E-state index contributed by atoms with van der Waals surface area (Å²) < 4.78 is 0. The highest BCUT2D eigenvalue weighted by Gasteiger charge is 2.20. The lowest BCUT2D eigenvalue weighted by atomic mass is 10.3. The summed E-state index contributed by atoms with van der Waals surface area (Å²) in [5, 5.41) is 3.35. The van der Waals surface area contributed by atoms with Crippen LogP contribution in [-0.2, 0) is 0 Å². The van der Waals surface area contributed by atoms with Gasteiger partial charge in [0.15, 0.2) is 5.96 Å². The van der Waals surface area contributed by atoms with Crippen LogP contribution in [0, 0.1) is 5.92 Å². The van der Waals surface area contributed by atoms with E-state index >= 15 is 0 Å². The van der Waals surface area contributed by atoms with Gasteiger partial charge in [0, 0.05) is 26.7 Å². The maximum Gasteiger partial charge on any atom is 0.193 e. The minimum atomic E-state index is 0. The van der Waals surface area contributed by atoms with E-state index in [0.717, 1.165) is 44.4 Å². The number of halogens is 1. The summed E-state index contributed by atoms with van der Waals surface area (Å²) in [7, 11) is 2.11. The second-order valence-corrected chi connectivity index (χ2v) is 4.82. The average Bonchev–Trinajstić information content (AvgIpc) is 3.12. The molecule has 18 heavy (non-hydrogen) atoms. The number of aliphatic imine (C=N–C) groups is 1. The predicted octanol–water partition coefficient (Wildman–Crippen LogP) is 3.27. The zero-order valence-electron chi connectivity index (χ0n) is 11.8. The fraction of sp³-hybridized carbons (Fsp3) is 0.786. The third kappa shape index (κ3) is 7.95. The Kier molecular flexibility index (Phi) is 10.5. The topological polar surface area (TPSA) is 27.6 Å². The van der Waals surface area contributed by atoms with Crippen LogP contribution < -0.4 is 5.32 Å². The lowest BCUT2D eigenvalue weighted by Gasteiger charge is -2.21. The molecule has 0 atom stereocenters. The van der Waals surface area contributed by atoms with E-state index in [1.165, 1.54) is 19.3 Å². The molecule has 0 bridgehead atoms. The predicted molar refractivity (Wildman–Crippen MR) is 90.8 cm³/mol. The van der Waals surface area contributed by atoms with Crippen molar-refractivity contribution in [2.24, 2.45) is 10.9 Å². The molecule has 0 aromatic rings. The van der Waals surface area contributed by atoms with Crippen molar-refractivity contribution in [1.82, 2.24) is 10.2 Å². The Morgan fingerprint density at radius 2 is 2.22 bits per heavy atom. The van der Waals surface area contributed by atoms with E-state index in [1.807, 2.05) is 6.08 Å². The van der Waals surface area contributed by atoms with Gasteiger partial charge in [-0.15, -0.1) is 30.6 Å². The average molecular weight is 365 g/mol. The Hall–Kier alpha value is -0.260. The van der Waals surface area contributed by atoms with Gasteiger partial charge in [-0.1, -0.05) is 18.9 Å². The number of hydrogen-bond donors (Lipinski definition) is 1. The van der Waals surface area contributed by atoms with Gasteiger partial charge in [-0.3, -0.25) is 4.99 Å². The first kappa shape index (κ1) is 17.7. The second kappa shape index (κ2) is 10.6. The minimum absolute atomic E-state index is 0. The molecule has 1 aliphatic carbocycles. The van der Waals surface area contributed by atoms with E-state index < -0.39 is 0 Å². The number of unbranched alkanes of at least 4 members (excludes halogenated alkanes) is 1. The molecule has 1 N–H and O–H groups in total. The van der Waals surface area contributed by atoms with E-state index in [4.69, 9.17) is 0 Å². The minimum Gasteiger partial charge on any atom is -0.357 e. The van der Waals surface area contributed by atoms with Crippen LogP contribution >= 0.6 is 24.0 Å². The lowest BCUT2D eigenvalue weighted by Crippen LogP contribution is -2.39. The van der Waals surface area contributed by atoms with E-state index in [2.05, 4.69) is 35.8 Å². The highest BCUT2D eigenvalue weighted by Crippen LogP contribution is 2.32. The zero-order valence-corrected chi connectivity index (χ0v) is 14.2. The molecule has 0 spiro atoms. The Labute approximate surface area is 129 Å². The van der Waals surface area contributed by atoms with Gasteiger partial charge in [0.05, 0.1) is 0 Å². The van der Waals surface area contributed by atoms with E-state index in [9.17, 15) is 0 Å². The van der Waals surface area contributed by atoms with Crippen LogP contribution in [0.3, 0.4) is 0 Å². The van der Waals surface area contributed by atoms with Crippen molar-refractivity contribution in [3.05, 3.63) is 12.7 Å². The van der Waals surface area contributed by atoms with Crippen LogP contribution in [-0.4, -0.2) is 37.5 Å². The molecule has 0 saturated heterocycles. The van der Waals surface area contributed by atoms with Crippen molar-refractivity contribution >= 4 is 29.9 Å².